The molecule has 1 heterocycles. The Labute approximate surface area is 118 Å². The highest BCUT2D eigenvalue weighted by Gasteiger charge is 2.50. The van der Waals surface area contributed by atoms with E-state index in [0.29, 0.717) is 29.1 Å². The maximum atomic E-state index is 9.34. The first-order valence-electron chi connectivity index (χ1n) is 7.45. The smallest absolute Gasteiger partial charge is 0.148 e. The van der Waals surface area contributed by atoms with Crippen LogP contribution in [0.4, 0.5) is 0 Å². The predicted molar refractivity (Wildman–Crippen MR) is 71.2 cm³/mol. The molecule has 4 bridgehead atoms. The second kappa shape index (κ2) is 4.28. The van der Waals surface area contributed by atoms with Gasteiger partial charge in [-0.05, 0) is 61.7 Å². The summed E-state index contributed by atoms with van der Waals surface area (Å²) in [7, 11) is 0. The lowest BCUT2D eigenvalue weighted by molar-refractivity contribution is -0.00319. The first kappa shape index (κ1) is 11.9. The van der Waals surface area contributed by atoms with Gasteiger partial charge in [0.05, 0.1) is 0 Å². The van der Waals surface area contributed by atoms with Crippen LogP contribution in [0.15, 0.2) is 6.33 Å². The van der Waals surface area contributed by atoms with Crippen molar-refractivity contribution >= 4 is 0 Å². The molecule has 4 heteroatoms. The monoisotopic (exact) mass is 264 g/mol. The Bertz CT molecular complexity index is 577. The molecular weight excluding hydrogens is 248 g/mol. The van der Waals surface area contributed by atoms with Crippen LogP contribution < -0.4 is 0 Å². The summed E-state index contributed by atoms with van der Waals surface area (Å²) in [6, 6.07) is 4.35. The van der Waals surface area contributed by atoms with Crippen molar-refractivity contribution in [3.8, 4) is 12.1 Å². The van der Waals surface area contributed by atoms with Crippen LogP contribution in [0.3, 0.4) is 0 Å². The van der Waals surface area contributed by atoms with E-state index in [1.54, 1.807) is 0 Å². The van der Waals surface area contributed by atoms with Crippen LogP contribution in [0.1, 0.15) is 55.0 Å². The summed E-state index contributed by atoms with van der Waals surface area (Å²) >= 11 is 0. The van der Waals surface area contributed by atoms with Crippen molar-refractivity contribution in [1.82, 2.24) is 9.97 Å². The number of aromatic nitrogens is 2. The summed E-state index contributed by atoms with van der Waals surface area (Å²) in [5.41, 5.74) is 1.70. The van der Waals surface area contributed by atoms with Gasteiger partial charge in [0.25, 0.3) is 0 Å². The van der Waals surface area contributed by atoms with Crippen molar-refractivity contribution < 1.29 is 0 Å². The normalized spacial score (nSPS) is 37.4. The van der Waals surface area contributed by atoms with Crippen molar-refractivity contribution in [1.29, 1.82) is 10.5 Å². The zero-order valence-electron chi connectivity index (χ0n) is 11.3. The lowest BCUT2D eigenvalue weighted by atomic mass is 9.50. The van der Waals surface area contributed by atoms with Gasteiger partial charge in [-0.2, -0.15) is 10.5 Å². The van der Waals surface area contributed by atoms with E-state index in [2.05, 4.69) is 22.1 Å². The number of nitriles is 2. The van der Waals surface area contributed by atoms with E-state index >= 15 is 0 Å². The zero-order chi connectivity index (χ0) is 13.7. The van der Waals surface area contributed by atoms with Crippen LogP contribution in [-0.4, -0.2) is 9.97 Å². The fourth-order valence-corrected chi connectivity index (χ4v) is 5.29. The van der Waals surface area contributed by atoms with Crippen LogP contribution in [0, 0.1) is 46.3 Å². The summed E-state index contributed by atoms with van der Waals surface area (Å²) in [4.78, 5) is 8.23. The lowest BCUT2D eigenvalue weighted by Gasteiger charge is -2.54. The van der Waals surface area contributed by atoms with Gasteiger partial charge in [0.2, 0.25) is 0 Å². The molecule has 0 aliphatic heterocycles. The summed E-state index contributed by atoms with van der Waals surface area (Å²) < 4.78 is 0. The van der Waals surface area contributed by atoms with Gasteiger partial charge in [-0.3, -0.25) is 0 Å². The first-order valence-corrected chi connectivity index (χ1v) is 7.45. The molecule has 0 spiro atoms. The first-order chi connectivity index (χ1) is 9.80. The Morgan fingerprint density at radius 1 is 0.850 bits per heavy atom. The molecule has 0 N–H and O–H groups in total. The molecule has 0 radical (unpaired) electrons. The van der Waals surface area contributed by atoms with E-state index in [-0.39, 0.29) is 0 Å². The summed E-state index contributed by atoms with van der Waals surface area (Å²) in [5, 5.41) is 18.7. The van der Waals surface area contributed by atoms with E-state index in [1.807, 2.05) is 0 Å². The fraction of sp³-hybridized carbons (Fsp3) is 0.625. The van der Waals surface area contributed by atoms with E-state index in [1.165, 1.54) is 38.4 Å². The molecule has 0 atom stereocenters. The number of hydrogen-bond acceptors (Lipinski definition) is 4. The van der Waals surface area contributed by atoms with Crippen molar-refractivity contribution in [3.63, 3.8) is 0 Å². The Balaban J connectivity index is 1.82. The molecule has 20 heavy (non-hydrogen) atoms. The molecule has 4 aliphatic rings. The van der Waals surface area contributed by atoms with Gasteiger partial charge in [-0.1, -0.05) is 0 Å². The molecule has 5 rings (SSSR count). The van der Waals surface area contributed by atoms with Gasteiger partial charge < -0.3 is 0 Å². The Kier molecular flexibility index (Phi) is 2.54. The van der Waals surface area contributed by atoms with E-state index in [0.717, 1.165) is 17.4 Å². The van der Waals surface area contributed by atoms with Gasteiger partial charge in [0.15, 0.2) is 0 Å². The Hall–Kier alpha value is -1.94. The van der Waals surface area contributed by atoms with Crippen molar-refractivity contribution in [2.75, 3.05) is 0 Å². The molecule has 1 aromatic heterocycles. The lowest BCUT2D eigenvalue weighted by Crippen LogP contribution is -2.44. The van der Waals surface area contributed by atoms with E-state index < -0.39 is 0 Å². The molecular formula is C16H16N4. The predicted octanol–water partition coefficient (Wildman–Crippen LogP) is 2.76. The molecule has 4 fully saturated rings. The standard InChI is InChI=1S/C16H16N4/c17-6-13-16(14(7-18)20-8-19-13)15-11-2-9-1-10(4-11)5-12(15)3-9/h8-12,15H,1-5H2. The van der Waals surface area contributed by atoms with Crippen LogP contribution >= 0.6 is 0 Å². The average molecular weight is 264 g/mol. The number of rotatable bonds is 1. The van der Waals surface area contributed by atoms with Crippen molar-refractivity contribution in [2.45, 2.75) is 38.0 Å². The SMILES string of the molecule is N#Cc1ncnc(C#N)c1C1C2CC3CC(C2)CC1C3. The summed E-state index contributed by atoms with van der Waals surface area (Å²) in [6.07, 6.45) is 7.81. The van der Waals surface area contributed by atoms with Gasteiger partial charge in [0, 0.05) is 5.56 Å². The molecule has 0 aromatic carbocycles. The Morgan fingerprint density at radius 3 is 1.80 bits per heavy atom. The average Bonchev–Trinajstić information content (AvgIpc) is 2.46. The maximum absolute atomic E-state index is 9.34. The topological polar surface area (TPSA) is 73.4 Å². The highest BCUT2D eigenvalue weighted by molar-refractivity contribution is 5.43. The van der Waals surface area contributed by atoms with E-state index in [9.17, 15) is 10.5 Å². The quantitative estimate of drug-likeness (QED) is 0.781. The highest BCUT2D eigenvalue weighted by atomic mass is 14.8. The fourth-order valence-electron chi connectivity index (χ4n) is 5.29. The van der Waals surface area contributed by atoms with Crippen LogP contribution in [0.2, 0.25) is 0 Å². The molecule has 4 aliphatic carbocycles. The molecule has 1 aromatic rings. The molecule has 100 valence electrons. The minimum Gasteiger partial charge on any atom is -0.225 e. The maximum Gasteiger partial charge on any atom is 0.148 e. The third-order valence-corrected chi connectivity index (χ3v) is 5.66. The van der Waals surface area contributed by atoms with Crippen LogP contribution in [0.25, 0.3) is 0 Å². The van der Waals surface area contributed by atoms with Crippen LogP contribution in [0.5, 0.6) is 0 Å². The number of nitrogens with zero attached hydrogens (tertiary/aromatic N) is 4. The van der Waals surface area contributed by atoms with Crippen LogP contribution in [-0.2, 0) is 0 Å². The van der Waals surface area contributed by atoms with Gasteiger partial charge in [0.1, 0.15) is 29.9 Å². The zero-order valence-corrected chi connectivity index (χ0v) is 11.3. The van der Waals surface area contributed by atoms with Crippen molar-refractivity contribution in [2.24, 2.45) is 23.7 Å². The Morgan fingerprint density at radius 2 is 1.35 bits per heavy atom. The van der Waals surface area contributed by atoms with E-state index in [4.69, 9.17) is 0 Å². The van der Waals surface area contributed by atoms with Gasteiger partial charge in [-0.15, -0.1) is 0 Å². The highest BCUT2D eigenvalue weighted by Crippen LogP contribution is 2.60. The molecule has 0 unspecified atom stereocenters. The third kappa shape index (κ3) is 1.58. The largest absolute Gasteiger partial charge is 0.225 e. The summed E-state index contributed by atoms with van der Waals surface area (Å²) in [6.45, 7) is 0. The second-order valence-electron chi connectivity index (χ2n) is 6.66. The molecule has 0 amide bonds. The van der Waals surface area contributed by atoms with Gasteiger partial charge >= 0.3 is 0 Å². The molecule has 4 nitrogen and oxygen atoms in total. The molecule has 4 saturated carbocycles. The second-order valence-corrected chi connectivity index (χ2v) is 6.66. The van der Waals surface area contributed by atoms with Crippen molar-refractivity contribution in [3.05, 3.63) is 23.3 Å². The molecule has 0 saturated heterocycles. The minimum absolute atomic E-state index is 0.341. The van der Waals surface area contributed by atoms with Gasteiger partial charge in [-0.25, -0.2) is 9.97 Å². The summed E-state index contributed by atoms with van der Waals surface area (Å²) in [5.74, 6) is 3.38. The minimum atomic E-state index is 0.341. The third-order valence-electron chi connectivity index (χ3n) is 5.66. The number of hydrogen-bond donors (Lipinski definition) is 0.